The number of hydrogen-bond acceptors (Lipinski definition) is 5. The van der Waals surface area contributed by atoms with Gasteiger partial charge in [0.05, 0.1) is 24.5 Å². The molecular formula is C22H25N5O2. The maximum atomic E-state index is 12.9. The second kappa shape index (κ2) is 8.87. The third kappa shape index (κ3) is 4.81. The van der Waals surface area contributed by atoms with Crippen LogP contribution in [0.3, 0.4) is 0 Å². The van der Waals surface area contributed by atoms with Crippen molar-refractivity contribution < 1.29 is 9.53 Å². The van der Waals surface area contributed by atoms with Gasteiger partial charge in [0.2, 0.25) is 11.8 Å². The van der Waals surface area contributed by atoms with Crippen LogP contribution < -0.4 is 10.1 Å². The van der Waals surface area contributed by atoms with Gasteiger partial charge in [-0.15, -0.1) is 0 Å². The molecule has 1 aliphatic heterocycles. The normalized spacial score (nSPS) is 17.1. The lowest BCUT2D eigenvalue weighted by Crippen LogP contribution is -2.46. The van der Waals surface area contributed by atoms with E-state index in [2.05, 4.69) is 20.2 Å². The van der Waals surface area contributed by atoms with E-state index >= 15 is 0 Å². The van der Waals surface area contributed by atoms with Gasteiger partial charge in [0.25, 0.3) is 0 Å². The number of amides is 1. The molecule has 4 rings (SSSR count). The van der Waals surface area contributed by atoms with Gasteiger partial charge in [0.1, 0.15) is 11.6 Å². The number of anilines is 1. The van der Waals surface area contributed by atoms with Crippen LogP contribution in [0.4, 0.5) is 5.69 Å². The van der Waals surface area contributed by atoms with E-state index in [9.17, 15) is 4.79 Å². The smallest absolute Gasteiger partial charge is 0.241 e. The number of carbonyl (C=O) groups is 1. The molecule has 7 heteroatoms. The lowest BCUT2D eigenvalue weighted by atomic mass is 10.0. The average molecular weight is 391 g/mol. The van der Waals surface area contributed by atoms with Crippen LogP contribution in [0.1, 0.15) is 25.1 Å². The van der Waals surface area contributed by atoms with Crippen molar-refractivity contribution in [1.29, 1.82) is 0 Å². The Morgan fingerprint density at radius 2 is 2.03 bits per heavy atom. The highest BCUT2D eigenvalue weighted by atomic mass is 16.5. The Balaban J connectivity index is 1.38. The van der Waals surface area contributed by atoms with Crippen molar-refractivity contribution in [3.63, 3.8) is 0 Å². The van der Waals surface area contributed by atoms with Gasteiger partial charge >= 0.3 is 0 Å². The van der Waals surface area contributed by atoms with E-state index in [-0.39, 0.29) is 11.9 Å². The Kier molecular flexibility index (Phi) is 5.86. The summed E-state index contributed by atoms with van der Waals surface area (Å²) in [6.45, 7) is 1.57. The largest absolute Gasteiger partial charge is 0.439 e. The number of aryl methyl sites for hydroxylation is 1. The number of para-hydroxylation sites is 1. The molecule has 1 atom stereocenters. The van der Waals surface area contributed by atoms with Crippen molar-refractivity contribution in [1.82, 2.24) is 19.4 Å². The quantitative estimate of drug-likeness (QED) is 0.695. The molecule has 0 radical (unpaired) electrons. The zero-order valence-electron chi connectivity index (χ0n) is 16.5. The summed E-state index contributed by atoms with van der Waals surface area (Å²) in [5.41, 5.74) is 0.665. The number of pyridine rings is 1. The Bertz CT molecular complexity index is 939. The maximum absolute atomic E-state index is 12.9. The summed E-state index contributed by atoms with van der Waals surface area (Å²) in [5.74, 6) is 2.18. The summed E-state index contributed by atoms with van der Waals surface area (Å²) in [6.07, 6.45) is 8.34. The van der Waals surface area contributed by atoms with Crippen molar-refractivity contribution in [2.45, 2.75) is 31.8 Å². The predicted octanol–water partition coefficient (Wildman–Crippen LogP) is 3.60. The van der Waals surface area contributed by atoms with E-state index in [1.54, 1.807) is 18.5 Å². The fraction of sp³-hybridized carbons (Fsp3) is 0.318. The zero-order valence-corrected chi connectivity index (χ0v) is 16.5. The standard InChI is InChI=1S/C22H25N5O2/c1-26-14-12-23-20(26)16-27-13-6-5-9-19(27)22(28)25-17-10-11-21(24-15-17)29-18-7-3-2-4-8-18/h2-4,7-8,10-12,14-15,19H,5-6,9,13,16H2,1H3,(H,25,28). The molecule has 29 heavy (non-hydrogen) atoms. The summed E-state index contributed by atoms with van der Waals surface area (Å²) >= 11 is 0. The predicted molar refractivity (Wildman–Crippen MR) is 111 cm³/mol. The van der Waals surface area contributed by atoms with E-state index in [0.29, 0.717) is 18.1 Å². The molecule has 1 aliphatic rings. The lowest BCUT2D eigenvalue weighted by Gasteiger charge is -2.34. The van der Waals surface area contributed by atoms with Crippen LogP contribution in [0.5, 0.6) is 11.6 Å². The molecule has 1 saturated heterocycles. The number of aromatic nitrogens is 3. The second-order valence-corrected chi connectivity index (χ2v) is 7.23. The first-order valence-corrected chi connectivity index (χ1v) is 9.89. The molecule has 0 spiro atoms. The minimum absolute atomic E-state index is 0.00237. The average Bonchev–Trinajstić information content (AvgIpc) is 3.15. The van der Waals surface area contributed by atoms with Gasteiger partial charge < -0.3 is 14.6 Å². The van der Waals surface area contributed by atoms with E-state index in [1.807, 2.05) is 54.2 Å². The molecule has 3 aromatic rings. The SMILES string of the molecule is Cn1ccnc1CN1CCCCC1C(=O)Nc1ccc(Oc2ccccc2)nc1. The van der Waals surface area contributed by atoms with E-state index in [1.165, 1.54) is 0 Å². The molecular weight excluding hydrogens is 366 g/mol. The molecule has 1 fully saturated rings. The minimum atomic E-state index is -0.166. The Morgan fingerprint density at radius 3 is 2.76 bits per heavy atom. The highest BCUT2D eigenvalue weighted by Crippen LogP contribution is 2.22. The van der Waals surface area contributed by atoms with E-state index in [4.69, 9.17) is 4.74 Å². The molecule has 7 nitrogen and oxygen atoms in total. The summed E-state index contributed by atoms with van der Waals surface area (Å²) < 4.78 is 7.70. The molecule has 0 bridgehead atoms. The zero-order chi connectivity index (χ0) is 20.1. The van der Waals surface area contributed by atoms with E-state index < -0.39 is 0 Å². The summed E-state index contributed by atoms with van der Waals surface area (Å²) in [4.78, 5) is 23.8. The molecule has 150 valence electrons. The Hall–Kier alpha value is -3.19. The van der Waals surface area contributed by atoms with Crippen molar-refractivity contribution >= 4 is 11.6 Å². The van der Waals surface area contributed by atoms with Gasteiger partial charge in [-0.1, -0.05) is 24.6 Å². The summed E-state index contributed by atoms with van der Waals surface area (Å²) in [7, 11) is 1.98. The number of likely N-dealkylation sites (tertiary alicyclic amines) is 1. The highest BCUT2D eigenvalue weighted by Gasteiger charge is 2.29. The van der Waals surface area contributed by atoms with E-state index in [0.717, 1.165) is 37.4 Å². The number of nitrogens with one attached hydrogen (secondary N) is 1. The first-order valence-electron chi connectivity index (χ1n) is 9.89. The fourth-order valence-electron chi connectivity index (χ4n) is 3.56. The molecule has 0 aliphatic carbocycles. The van der Waals surface area contributed by atoms with Crippen LogP contribution in [0.2, 0.25) is 0 Å². The third-order valence-corrected chi connectivity index (χ3v) is 5.15. The van der Waals surface area contributed by atoms with Crippen LogP contribution in [0, 0.1) is 0 Å². The van der Waals surface area contributed by atoms with Crippen molar-refractivity contribution in [3.05, 3.63) is 66.9 Å². The fourth-order valence-corrected chi connectivity index (χ4v) is 3.56. The molecule has 3 heterocycles. The van der Waals surface area contributed by atoms with Crippen LogP contribution in [-0.4, -0.2) is 37.9 Å². The summed E-state index contributed by atoms with van der Waals surface area (Å²) in [5, 5.41) is 3.00. The van der Waals surface area contributed by atoms with Crippen molar-refractivity contribution in [2.24, 2.45) is 7.05 Å². The minimum Gasteiger partial charge on any atom is -0.439 e. The maximum Gasteiger partial charge on any atom is 0.241 e. The molecule has 1 aromatic carbocycles. The van der Waals surface area contributed by atoms with Gasteiger partial charge in [-0.2, -0.15) is 0 Å². The lowest BCUT2D eigenvalue weighted by molar-refractivity contribution is -0.122. The Labute approximate surface area is 170 Å². The number of piperidine rings is 1. The van der Waals surface area contributed by atoms with Gasteiger partial charge in [0.15, 0.2) is 0 Å². The number of imidazole rings is 1. The number of rotatable bonds is 6. The number of carbonyl (C=O) groups excluding carboxylic acids is 1. The van der Waals surface area contributed by atoms with Gasteiger partial charge in [-0.3, -0.25) is 9.69 Å². The third-order valence-electron chi connectivity index (χ3n) is 5.15. The molecule has 1 amide bonds. The second-order valence-electron chi connectivity index (χ2n) is 7.23. The first-order chi connectivity index (χ1) is 14.2. The Morgan fingerprint density at radius 1 is 1.17 bits per heavy atom. The molecule has 2 aromatic heterocycles. The van der Waals surface area contributed by atoms with Crippen LogP contribution in [0.15, 0.2) is 61.1 Å². The van der Waals surface area contributed by atoms with Crippen molar-refractivity contribution in [3.8, 4) is 11.6 Å². The van der Waals surface area contributed by atoms with Crippen LogP contribution in [0.25, 0.3) is 0 Å². The first kappa shape index (κ1) is 19.1. The number of benzene rings is 1. The number of ether oxygens (including phenoxy) is 1. The molecule has 0 saturated carbocycles. The van der Waals surface area contributed by atoms with Crippen LogP contribution >= 0.6 is 0 Å². The van der Waals surface area contributed by atoms with Gasteiger partial charge in [0, 0.05) is 25.5 Å². The number of nitrogens with zero attached hydrogens (tertiary/aromatic N) is 4. The molecule has 1 N–H and O–H groups in total. The molecule has 1 unspecified atom stereocenters. The topological polar surface area (TPSA) is 72.3 Å². The summed E-state index contributed by atoms with van der Waals surface area (Å²) in [6, 6.07) is 12.9. The highest BCUT2D eigenvalue weighted by molar-refractivity contribution is 5.94. The van der Waals surface area contributed by atoms with Gasteiger partial charge in [-0.05, 0) is 37.6 Å². The van der Waals surface area contributed by atoms with Gasteiger partial charge in [-0.25, -0.2) is 9.97 Å². The number of hydrogen-bond donors (Lipinski definition) is 1. The van der Waals surface area contributed by atoms with Crippen molar-refractivity contribution in [2.75, 3.05) is 11.9 Å². The monoisotopic (exact) mass is 391 g/mol. The van der Waals surface area contributed by atoms with Crippen LogP contribution in [-0.2, 0) is 18.4 Å².